The molecule has 3 aromatic rings. The summed E-state index contributed by atoms with van der Waals surface area (Å²) in [4.78, 5) is 23.3. The van der Waals surface area contributed by atoms with Gasteiger partial charge in [-0.05, 0) is 59.7 Å². The van der Waals surface area contributed by atoms with E-state index < -0.39 is 11.9 Å². The second-order valence-corrected chi connectivity index (χ2v) is 6.35. The van der Waals surface area contributed by atoms with Gasteiger partial charge in [-0.3, -0.25) is 0 Å². The lowest BCUT2D eigenvalue weighted by molar-refractivity contribution is -0.138. The molecule has 0 aromatic heterocycles. The topological polar surface area (TPSA) is 85.6 Å². The van der Waals surface area contributed by atoms with E-state index in [0.29, 0.717) is 22.6 Å². The number of hydrogen-bond donors (Lipinski definition) is 0. The van der Waals surface area contributed by atoms with Crippen LogP contribution in [0.25, 0.3) is 11.1 Å². The van der Waals surface area contributed by atoms with Gasteiger partial charge in [0, 0.05) is 6.08 Å². The van der Waals surface area contributed by atoms with Crippen LogP contribution in [-0.2, 0) is 9.53 Å². The predicted molar refractivity (Wildman–Crippen MR) is 115 cm³/mol. The van der Waals surface area contributed by atoms with E-state index in [1.807, 2.05) is 24.3 Å². The van der Waals surface area contributed by atoms with Crippen molar-refractivity contribution in [2.75, 3.05) is 13.2 Å². The Balaban J connectivity index is 1.54. The van der Waals surface area contributed by atoms with Gasteiger partial charge < -0.3 is 14.2 Å². The highest BCUT2D eigenvalue weighted by molar-refractivity contribution is 5.91. The molecule has 3 rings (SSSR count). The van der Waals surface area contributed by atoms with Crippen LogP contribution in [0.3, 0.4) is 0 Å². The van der Waals surface area contributed by atoms with Gasteiger partial charge in [-0.1, -0.05) is 30.8 Å². The summed E-state index contributed by atoms with van der Waals surface area (Å²) in [6, 6.07) is 22.9. The third-order valence-electron chi connectivity index (χ3n) is 4.27. The molecule has 0 unspecified atom stereocenters. The molecule has 0 radical (unpaired) electrons. The van der Waals surface area contributed by atoms with E-state index in [4.69, 9.17) is 19.5 Å². The normalized spacial score (nSPS) is 9.90. The lowest BCUT2D eigenvalue weighted by Gasteiger charge is -2.08. The van der Waals surface area contributed by atoms with Crippen LogP contribution in [0.1, 0.15) is 15.9 Å². The van der Waals surface area contributed by atoms with Crippen LogP contribution >= 0.6 is 0 Å². The molecule has 0 amide bonds. The summed E-state index contributed by atoms with van der Waals surface area (Å²) in [6.45, 7) is 3.60. The maximum Gasteiger partial charge on any atom is 0.343 e. The van der Waals surface area contributed by atoms with Crippen molar-refractivity contribution in [3.63, 3.8) is 0 Å². The molecule has 0 spiro atoms. The van der Waals surface area contributed by atoms with E-state index in [2.05, 4.69) is 12.6 Å². The third-order valence-corrected chi connectivity index (χ3v) is 4.27. The maximum absolute atomic E-state index is 12.4. The summed E-state index contributed by atoms with van der Waals surface area (Å²) >= 11 is 0. The molecule has 0 bridgehead atoms. The van der Waals surface area contributed by atoms with Crippen LogP contribution in [0.4, 0.5) is 0 Å². The van der Waals surface area contributed by atoms with Gasteiger partial charge in [-0.25, -0.2) is 9.59 Å². The summed E-state index contributed by atoms with van der Waals surface area (Å²) in [5.41, 5.74) is 2.89. The number of benzene rings is 3. The Morgan fingerprint density at radius 1 is 0.839 bits per heavy atom. The zero-order valence-corrected chi connectivity index (χ0v) is 16.6. The Labute approximate surface area is 179 Å². The van der Waals surface area contributed by atoms with Crippen LogP contribution in [0.5, 0.6) is 11.5 Å². The van der Waals surface area contributed by atoms with Crippen molar-refractivity contribution in [3.8, 4) is 28.7 Å². The van der Waals surface area contributed by atoms with E-state index >= 15 is 0 Å². The highest BCUT2D eigenvalue weighted by Crippen LogP contribution is 2.23. The molecule has 0 fully saturated rings. The fourth-order valence-corrected chi connectivity index (χ4v) is 2.67. The number of hydrogen-bond acceptors (Lipinski definition) is 6. The van der Waals surface area contributed by atoms with Crippen molar-refractivity contribution in [2.24, 2.45) is 0 Å². The SMILES string of the molecule is C=CC(=O)OCCOc1ccc(C(=O)Oc2ccc(-c3ccc(C#N)cc3)cc2)cc1. The van der Waals surface area contributed by atoms with Gasteiger partial charge >= 0.3 is 11.9 Å². The molecule has 0 saturated heterocycles. The second kappa shape index (κ2) is 10.4. The van der Waals surface area contributed by atoms with E-state index in [9.17, 15) is 9.59 Å². The summed E-state index contributed by atoms with van der Waals surface area (Å²) in [5.74, 6) is -0.0334. The molecule has 0 heterocycles. The van der Waals surface area contributed by atoms with Gasteiger partial charge in [0.2, 0.25) is 0 Å². The Bertz CT molecular complexity index is 1090. The van der Waals surface area contributed by atoms with Crippen molar-refractivity contribution in [1.29, 1.82) is 5.26 Å². The Kier molecular flexibility index (Phi) is 7.17. The highest BCUT2D eigenvalue weighted by Gasteiger charge is 2.09. The van der Waals surface area contributed by atoms with Gasteiger partial charge in [0.25, 0.3) is 0 Å². The molecule has 3 aromatic carbocycles. The van der Waals surface area contributed by atoms with Gasteiger partial charge in [0.1, 0.15) is 24.7 Å². The third kappa shape index (κ3) is 6.05. The lowest BCUT2D eigenvalue weighted by Crippen LogP contribution is -2.11. The molecule has 154 valence electrons. The number of nitrogens with zero attached hydrogens (tertiary/aromatic N) is 1. The first-order valence-electron chi connectivity index (χ1n) is 9.44. The summed E-state index contributed by atoms with van der Waals surface area (Å²) in [5, 5.41) is 8.88. The largest absolute Gasteiger partial charge is 0.490 e. The number of carbonyl (C=O) groups excluding carboxylic acids is 2. The maximum atomic E-state index is 12.4. The lowest BCUT2D eigenvalue weighted by atomic mass is 10.0. The Morgan fingerprint density at radius 3 is 2.00 bits per heavy atom. The van der Waals surface area contributed by atoms with Gasteiger partial charge in [-0.15, -0.1) is 0 Å². The van der Waals surface area contributed by atoms with Crippen molar-refractivity contribution >= 4 is 11.9 Å². The molecule has 0 N–H and O–H groups in total. The van der Waals surface area contributed by atoms with E-state index in [1.165, 1.54) is 0 Å². The van der Waals surface area contributed by atoms with Crippen LogP contribution in [-0.4, -0.2) is 25.2 Å². The second-order valence-electron chi connectivity index (χ2n) is 6.35. The Morgan fingerprint density at radius 2 is 1.42 bits per heavy atom. The minimum absolute atomic E-state index is 0.104. The molecule has 6 nitrogen and oxygen atoms in total. The number of ether oxygens (including phenoxy) is 3. The molecule has 6 heteroatoms. The number of nitriles is 1. The highest BCUT2D eigenvalue weighted by atomic mass is 16.6. The molecular formula is C25H19NO5. The van der Waals surface area contributed by atoms with Crippen molar-refractivity contribution in [3.05, 3.63) is 96.6 Å². The first-order chi connectivity index (χ1) is 15.1. The summed E-state index contributed by atoms with van der Waals surface area (Å²) < 4.78 is 15.7. The number of rotatable bonds is 8. The number of carbonyl (C=O) groups is 2. The van der Waals surface area contributed by atoms with Crippen LogP contribution < -0.4 is 9.47 Å². The van der Waals surface area contributed by atoms with Crippen LogP contribution in [0.15, 0.2) is 85.5 Å². The van der Waals surface area contributed by atoms with Gasteiger partial charge in [0.15, 0.2) is 0 Å². The zero-order valence-electron chi connectivity index (χ0n) is 16.6. The molecule has 0 saturated carbocycles. The smallest absolute Gasteiger partial charge is 0.343 e. The quantitative estimate of drug-likeness (QED) is 0.233. The first-order valence-corrected chi connectivity index (χ1v) is 9.44. The van der Waals surface area contributed by atoms with E-state index in [1.54, 1.807) is 48.5 Å². The molecule has 31 heavy (non-hydrogen) atoms. The van der Waals surface area contributed by atoms with Gasteiger partial charge in [0.05, 0.1) is 17.2 Å². The molecular weight excluding hydrogens is 394 g/mol. The Hall–Kier alpha value is -4.37. The fraction of sp³-hybridized carbons (Fsp3) is 0.0800. The molecule has 0 aliphatic heterocycles. The minimum Gasteiger partial charge on any atom is -0.490 e. The molecule has 0 atom stereocenters. The van der Waals surface area contributed by atoms with Crippen LogP contribution in [0, 0.1) is 11.3 Å². The first kappa shape index (κ1) is 21.3. The van der Waals surface area contributed by atoms with E-state index in [0.717, 1.165) is 17.2 Å². The molecule has 0 aliphatic carbocycles. The van der Waals surface area contributed by atoms with Crippen molar-refractivity contribution in [2.45, 2.75) is 0 Å². The predicted octanol–water partition coefficient (Wildman–Crippen LogP) is 4.55. The standard InChI is InChI=1S/C25H19NO5/c1-2-24(27)30-16-15-29-22-11-9-21(10-12-22)25(28)31-23-13-7-20(8-14-23)19-5-3-18(17-26)4-6-19/h2-14H,1,15-16H2. The minimum atomic E-state index is -0.508. The average Bonchev–Trinajstić information content (AvgIpc) is 2.82. The van der Waals surface area contributed by atoms with Crippen molar-refractivity contribution in [1.82, 2.24) is 0 Å². The van der Waals surface area contributed by atoms with E-state index in [-0.39, 0.29) is 13.2 Å². The fourth-order valence-electron chi connectivity index (χ4n) is 2.67. The number of esters is 2. The molecule has 0 aliphatic rings. The van der Waals surface area contributed by atoms with Crippen molar-refractivity contribution < 1.29 is 23.8 Å². The monoisotopic (exact) mass is 413 g/mol. The summed E-state index contributed by atoms with van der Waals surface area (Å²) in [7, 11) is 0. The van der Waals surface area contributed by atoms with Gasteiger partial charge in [-0.2, -0.15) is 5.26 Å². The zero-order chi connectivity index (χ0) is 22.1. The average molecular weight is 413 g/mol. The van der Waals surface area contributed by atoms with Crippen LogP contribution in [0.2, 0.25) is 0 Å². The summed E-state index contributed by atoms with van der Waals surface area (Å²) in [6.07, 6.45) is 1.08.